The molecule has 1 aliphatic heterocycles. The number of nitrogens with one attached hydrogen (secondary N) is 1. The third-order valence-corrected chi connectivity index (χ3v) is 5.86. The summed E-state index contributed by atoms with van der Waals surface area (Å²) < 4.78 is 5.41. The summed E-state index contributed by atoms with van der Waals surface area (Å²) in [4.78, 5) is 15.0. The van der Waals surface area contributed by atoms with Crippen LogP contribution >= 0.6 is 0 Å². The van der Waals surface area contributed by atoms with Crippen LogP contribution in [0.3, 0.4) is 0 Å². The molecule has 3 N–H and O–H groups in total. The van der Waals surface area contributed by atoms with Gasteiger partial charge in [0.05, 0.1) is 13.2 Å². The minimum Gasteiger partial charge on any atom is -0.378 e. The summed E-state index contributed by atoms with van der Waals surface area (Å²) in [5.41, 5.74) is 4.86. The van der Waals surface area contributed by atoms with Gasteiger partial charge in [0.1, 0.15) is 6.04 Å². The Kier molecular flexibility index (Phi) is 5.93. The summed E-state index contributed by atoms with van der Waals surface area (Å²) >= 11 is 0. The second kappa shape index (κ2) is 8.76. The minimum atomic E-state index is -0.130. The zero-order valence-corrected chi connectivity index (χ0v) is 16.6. The second-order valence-electron chi connectivity index (χ2n) is 7.81. The smallest absolute Gasteiger partial charge is 0.282 e. The number of quaternary nitrogens is 1. The van der Waals surface area contributed by atoms with Crippen LogP contribution in [0.1, 0.15) is 36.9 Å². The van der Waals surface area contributed by atoms with Gasteiger partial charge >= 0.3 is 0 Å². The van der Waals surface area contributed by atoms with Crippen molar-refractivity contribution in [1.82, 2.24) is 0 Å². The molecule has 1 aliphatic carbocycles. The largest absolute Gasteiger partial charge is 0.378 e. The summed E-state index contributed by atoms with van der Waals surface area (Å²) in [7, 11) is 0. The third kappa shape index (κ3) is 4.37. The summed E-state index contributed by atoms with van der Waals surface area (Å²) in [6.07, 6.45) is 3.47. The Morgan fingerprint density at radius 3 is 2.68 bits per heavy atom. The van der Waals surface area contributed by atoms with Crippen molar-refractivity contribution in [2.45, 2.75) is 38.3 Å². The Morgan fingerprint density at radius 2 is 1.89 bits per heavy atom. The maximum atomic E-state index is 12.7. The van der Waals surface area contributed by atoms with Crippen LogP contribution in [0.2, 0.25) is 0 Å². The third-order valence-electron chi connectivity index (χ3n) is 5.86. The molecule has 2 aliphatic rings. The van der Waals surface area contributed by atoms with Gasteiger partial charge in [-0.05, 0) is 49.6 Å². The van der Waals surface area contributed by atoms with Crippen molar-refractivity contribution in [3.05, 3.63) is 59.7 Å². The van der Waals surface area contributed by atoms with Crippen molar-refractivity contribution in [1.29, 1.82) is 0 Å². The Hall–Kier alpha value is -2.37. The number of nitrogens with two attached hydrogens (primary N) is 1. The van der Waals surface area contributed by atoms with Gasteiger partial charge in [0, 0.05) is 36.4 Å². The lowest BCUT2D eigenvalue weighted by Gasteiger charge is -2.29. The van der Waals surface area contributed by atoms with E-state index in [1.807, 2.05) is 19.1 Å². The lowest BCUT2D eigenvalue weighted by atomic mass is 9.87. The normalized spacial score (nSPS) is 20.3. The summed E-state index contributed by atoms with van der Waals surface area (Å²) in [5, 5.41) is 5.29. The molecule has 28 heavy (non-hydrogen) atoms. The standard InChI is InChI=1S/C23H29N3O2/c1-17(24-22-8-4-6-18-5-2-3-7-21(18)22)23(27)25-19-9-11-20(12-10-19)26-13-15-28-16-14-26/h2-3,5,7,9-12,17,22,24H,4,6,8,13-16H2,1H3,(H,25,27)/p+1/t17-,22+/m0/s1. The second-order valence-corrected chi connectivity index (χ2v) is 7.81. The number of nitrogens with zero attached hydrogens (tertiary/aromatic N) is 1. The van der Waals surface area contributed by atoms with Crippen molar-refractivity contribution < 1.29 is 14.8 Å². The SMILES string of the molecule is C[C@H]([NH2+][C@@H]1CCCc2ccccc21)C(=O)Nc1ccc(N2CCOCC2)cc1. The van der Waals surface area contributed by atoms with Crippen LogP contribution in [-0.2, 0) is 16.0 Å². The van der Waals surface area contributed by atoms with Crippen LogP contribution in [0, 0.1) is 0 Å². The first-order valence-corrected chi connectivity index (χ1v) is 10.4. The molecule has 2 aromatic carbocycles. The molecule has 148 valence electrons. The lowest BCUT2D eigenvalue weighted by Crippen LogP contribution is -2.92. The van der Waals surface area contributed by atoms with Gasteiger partial charge in [-0.1, -0.05) is 24.3 Å². The van der Waals surface area contributed by atoms with E-state index in [4.69, 9.17) is 4.74 Å². The van der Waals surface area contributed by atoms with E-state index in [2.05, 4.69) is 51.9 Å². The summed E-state index contributed by atoms with van der Waals surface area (Å²) in [6, 6.07) is 17.0. The fourth-order valence-corrected chi connectivity index (χ4v) is 4.26. The van der Waals surface area contributed by atoms with E-state index >= 15 is 0 Å². The highest BCUT2D eigenvalue weighted by Gasteiger charge is 2.27. The maximum absolute atomic E-state index is 12.7. The highest BCUT2D eigenvalue weighted by Crippen LogP contribution is 2.26. The quantitative estimate of drug-likeness (QED) is 0.838. The Balaban J connectivity index is 1.34. The van der Waals surface area contributed by atoms with Crippen LogP contribution < -0.4 is 15.5 Å². The van der Waals surface area contributed by atoms with Crippen molar-refractivity contribution in [3.63, 3.8) is 0 Å². The fraction of sp³-hybridized carbons (Fsp3) is 0.435. The van der Waals surface area contributed by atoms with E-state index < -0.39 is 0 Å². The number of benzene rings is 2. The molecule has 1 saturated heterocycles. The number of rotatable bonds is 5. The summed E-state index contributed by atoms with van der Waals surface area (Å²) in [6.45, 7) is 5.38. The van der Waals surface area contributed by atoms with Crippen LogP contribution in [-0.4, -0.2) is 38.3 Å². The van der Waals surface area contributed by atoms with Gasteiger partial charge in [0.2, 0.25) is 0 Å². The van der Waals surface area contributed by atoms with Gasteiger partial charge < -0.3 is 20.3 Å². The molecule has 0 bridgehead atoms. The number of aryl methyl sites for hydroxylation is 1. The molecule has 1 heterocycles. The predicted molar refractivity (Wildman–Crippen MR) is 112 cm³/mol. The number of carbonyl (C=O) groups excluding carboxylic acids is 1. The van der Waals surface area contributed by atoms with Crippen LogP contribution in [0.5, 0.6) is 0 Å². The minimum absolute atomic E-state index is 0.0576. The molecule has 1 amide bonds. The molecule has 0 radical (unpaired) electrons. The molecule has 0 unspecified atom stereocenters. The molecule has 0 saturated carbocycles. The Labute approximate surface area is 167 Å². The molecular weight excluding hydrogens is 350 g/mol. The van der Waals surface area contributed by atoms with Crippen LogP contribution in [0.4, 0.5) is 11.4 Å². The number of morpholine rings is 1. The van der Waals surface area contributed by atoms with Gasteiger partial charge in [-0.25, -0.2) is 0 Å². The zero-order chi connectivity index (χ0) is 19.3. The molecule has 2 atom stereocenters. The predicted octanol–water partition coefficient (Wildman–Crippen LogP) is 2.49. The number of fused-ring (bicyclic) bond motifs is 1. The molecule has 1 fully saturated rings. The Morgan fingerprint density at radius 1 is 1.14 bits per heavy atom. The number of ether oxygens (including phenoxy) is 1. The molecule has 4 rings (SSSR count). The molecule has 5 heteroatoms. The van der Waals surface area contributed by atoms with Crippen LogP contribution in [0.25, 0.3) is 0 Å². The molecule has 0 spiro atoms. The molecule has 5 nitrogen and oxygen atoms in total. The van der Waals surface area contributed by atoms with E-state index in [1.165, 1.54) is 23.2 Å². The average Bonchev–Trinajstić information content (AvgIpc) is 2.75. The maximum Gasteiger partial charge on any atom is 0.282 e. The monoisotopic (exact) mass is 380 g/mol. The van der Waals surface area contributed by atoms with Gasteiger partial charge in [-0.2, -0.15) is 0 Å². The number of amides is 1. The molecule has 2 aromatic rings. The van der Waals surface area contributed by atoms with Crippen molar-refractivity contribution in [2.75, 3.05) is 36.5 Å². The van der Waals surface area contributed by atoms with E-state index in [-0.39, 0.29) is 11.9 Å². The van der Waals surface area contributed by atoms with Crippen LogP contribution in [0.15, 0.2) is 48.5 Å². The Bertz CT molecular complexity index is 800. The number of carbonyl (C=O) groups is 1. The van der Waals surface area contributed by atoms with Gasteiger partial charge in [0.15, 0.2) is 6.04 Å². The number of anilines is 2. The molecular formula is C23H30N3O2+. The average molecular weight is 381 g/mol. The summed E-state index contributed by atoms with van der Waals surface area (Å²) in [5.74, 6) is 0.0576. The zero-order valence-electron chi connectivity index (χ0n) is 16.6. The fourth-order valence-electron chi connectivity index (χ4n) is 4.26. The van der Waals surface area contributed by atoms with E-state index in [0.717, 1.165) is 44.8 Å². The first-order valence-electron chi connectivity index (χ1n) is 10.4. The van der Waals surface area contributed by atoms with Gasteiger partial charge in [-0.3, -0.25) is 4.79 Å². The first kappa shape index (κ1) is 19.0. The van der Waals surface area contributed by atoms with Gasteiger partial charge in [-0.15, -0.1) is 0 Å². The first-order chi connectivity index (χ1) is 13.7. The van der Waals surface area contributed by atoms with Gasteiger partial charge in [0.25, 0.3) is 5.91 Å². The van der Waals surface area contributed by atoms with E-state index in [1.54, 1.807) is 0 Å². The lowest BCUT2D eigenvalue weighted by molar-refractivity contribution is -0.714. The highest BCUT2D eigenvalue weighted by atomic mass is 16.5. The van der Waals surface area contributed by atoms with Crippen molar-refractivity contribution >= 4 is 17.3 Å². The molecule has 0 aromatic heterocycles. The number of hydrogen-bond donors (Lipinski definition) is 2. The van der Waals surface area contributed by atoms with Crippen molar-refractivity contribution in [2.24, 2.45) is 0 Å². The number of hydrogen-bond acceptors (Lipinski definition) is 3. The topological polar surface area (TPSA) is 58.2 Å². The van der Waals surface area contributed by atoms with E-state index in [0.29, 0.717) is 6.04 Å². The van der Waals surface area contributed by atoms with Crippen molar-refractivity contribution in [3.8, 4) is 0 Å². The van der Waals surface area contributed by atoms with E-state index in [9.17, 15) is 4.79 Å². The highest BCUT2D eigenvalue weighted by molar-refractivity contribution is 5.93.